The molecule has 0 aliphatic carbocycles. The van der Waals surface area contributed by atoms with Gasteiger partial charge >= 0.3 is 0 Å². The predicted octanol–water partition coefficient (Wildman–Crippen LogP) is 1.59. The van der Waals surface area contributed by atoms with Gasteiger partial charge in [-0.05, 0) is 31.0 Å². The van der Waals surface area contributed by atoms with Crippen LogP contribution in [0.25, 0.3) is 10.9 Å². The number of carbonyl (C=O) groups excluding carboxylic acids is 4. The van der Waals surface area contributed by atoms with Crippen molar-refractivity contribution >= 4 is 43.0 Å². The number of fused-ring (bicyclic) bond motifs is 1. The van der Waals surface area contributed by atoms with Crippen molar-refractivity contribution in [3.05, 3.63) is 35.8 Å². The van der Waals surface area contributed by atoms with Crippen LogP contribution in [0.5, 0.6) is 0 Å². The number of aromatic amines is 1. The Morgan fingerprint density at radius 1 is 1.38 bits per heavy atom. The summed E-state index contributed by atoms with van der Waals surface area (Å²) in [6, 6.07) is 5.27. The fourth-order valence-corrected chi connectivity index (χ4v) is 7.58. The van der Waals surface area contributed by atoms with E-state index in [9.17, 15) is 23.6 Å². The first-order chi connectivity index (χ1) is 15.2. The third-order valence-electron chi connectivity index (χ3n) is 6.31. The number of hydrogen-bond donors (Lipinski definition) is 3. The highest BCUT2D eigenvalue weighted by atomic mass is 28.3. The molecule has 0 spiro atoms. The average molecular weight is 459 g/mol. The molecule has 4 rings (SSSR count). The molecule has 1 aromatic carbocycles. The van der Waals surface area contributed by atoms with Crippen molar-refractivity contribution in [2.75, 3.05) is 12.7 Å². The first kappa shape index (κ1) is 22.2. The molecule has 0 radical (unpaired) electrons. The minimum atomic E-state index is -1.88. The number of rotatable bonds is 6. The number of nitrogens with one attached hydrogen (secondary N) is 3. The van der Waals surface area contributed by atoms with E-state index in [1.807, 2.05) is 0 Å². The van der Waals surface area contributed by atoms with E-state index in [-0.39, 0.29) is 35.4 Å². The lowest BCUT2D eigenvalue weighted by Crippen LogP contribution is -2.49. The highest BCUT2D eigenvalue weighted by Gasteiger charge is 2.45. The fourth-order valence-electron chi connectivity index (χ4n) is 4.71. The summed E-state index contributed by atoms with van der Waals surface area (Å²) in [5, 5.41) is 6.05. The van der Waals surface area contributed by atoms with Gasteiger partial charge in [0.15, 0.2) is 0 Å². The van der Waals surface area contributed by atoms with Crippen molar-refractivity contribution in [3.8, 4) is 0 Å². The zero-order chi connectivity index (χ0) is 23.0. The van der Waals surface area contributed by atoms with Gasteiger partial charge < -0.3 is 25.3 Å². The maximum absolute atomic E-state index is 14.1. The molecule has 2 saturated heterocycles. The number of carbonyl (C=O) groups is 4. The second-order valence-electron chi connectivity index (χ2n) is 9.47. The normalized spacial score (nSPS) is 23.2. The van der Waals surface area contributed by atoms with Crippen LogP contribution >= 0.6 is 0 Å². The lowest BCUT2D eigenvalue weighted by molar-refractivity contribution is -0.128. The topological polar surface area (TPSA) is 111 Å². The van der Waals surface area contributed by atoms with Crippen LogP contribution in [0.4, 0.5) is 4.39 Å². The molecule has 3 atom stereocenters. The smallest absolute Gasteiger partial charge is 0.270 e. The van der Waals surface area contributed by atoms with Crippen LogP contribution in [0.1, 0.15) is 23.3 Å². The van der Waals surface area contributed by atoms with Crippen LogP contribution in [0.3, 0.4) is 0 Å². The zero-order valence-electron chi connectivity index (χ0n) is 18.1. The quantitative estimate of drug-likeness (QED) is 0.451. The molecule has 32 heavy (non-hydrogen) atoms. The van der Waals surface area contributed by atoms with E-state index in [1.54, 1.807) is 18.2 Å². The van der Waals surface area contributed by atoms with Crippen LogP contribution < -0.4 is 10.6 Å². The molecule has 2 aliphatic rings. The molecule has 2 aromatic rings. The van der Waals surface area contributed by atoms with E-state index in [0.717, 1.165) is 0 Å². The largest absolute Gasteiger partial charge is 0.356 e. The average Bonchev–Trinajstić information content (AvgIpc) is 3.44. The number of benzene rings is 1. The molecule has 1 aromatic heterocycles. The van der Waals surface area contributed by atoms with Crippen LogP contribution in [-0.2, 0) is 14.4 Å². The van der Waals surface area contributed by atoms with E-state index in [0.29, 0.717) is 36.9 Å². The van der Waals surface area contributed by atoms with Crippen molar-refractivity contribution in [3.63, 3.8) is 0 Å². The standard InChI is InChI=1S/C22H27FN4O4Si/c1-32(2)11-18(21(30)25-15(10-28)8-14-6-7-24-20(14)29)27(12-32)22(31)17-9-13-4-3-5-16(23)19(13)26-17/h3-5,9-10,14-15,18,26H,6-8,11-12H2,1-2H3,(H,24,29)(H,25,30)/t14-,15-,18-/m0/s1. The number of para-hydroxylation sites is 1. The minimum Gasteiger partial charge on any atom is -0.356 e. The number of nitrogens with zero attached hydrogens (tertiary/aromatic N) is 1. The van der Waals surface area contributed by atoms with Gasteiger partial charge in [-0.15, -0.1) is 0 Å². The van der Waals surface area contributed by atoms with Gasteiger partial charge in [-0.2, -0.15) is 0 Å². The van der Waals surface area contributed by atoms with Gasteiger partial charge in [0.1, 0.15) is 23.8 Å². The van der Waals surface area contributed by atoms with Gasteiger partial charge in [0.2, 0.25) is 11.8 Å². The summed E-state index contributed by atoms with van der Waals surface area (Å²) in [6.07, 6.45) is 2.00. The number of H-pyrrole nitrogens is 1. The van der Waals surface area contributed by atoms with Gasteiger partial charge in [0.05, 0.1) is 19.6 Å². The molecule has 3 amide bonds. The van der Waals surface area contributed by atoms with Crippen LogP contribution in [-0.4, -0.2) is 66.8 Å². The van der Waals surface area contributed by atoms with E-state index in [2.05, 4.69) is 28.7 Å². The van der Waals surface area contributed by atoms with Crippen LogP contribution in [0, 0.1) is 11.7 Å². The van der Waals surface area contributed by atoms with E-state index in [1.165, 1.54) is 11.0 Å². The van der Waals surface area contributed by atoms with Crippen molar-refractivity contribution < 1.29 is 23.6 Å². The molecule has 3 heterocycles. The van der Waals surface area contributed by atoms with Gasteiger partial charge in [-0.3, -0.25) is 14.4 Å². The third kappa shape index (κ3) is 4.32. The highest BCUT2D eigenvalue weighted by molar-refractivity contribution is 6.79. The Morgan fingerprint density at radius 3 is 2.81 bits per heavy atom. The molecule has 0 bridgehead atoms. The number of hydrogen-bond acceptors (Lipinski definition) is 4. The second-order valence-corrected chi connectivity index (χ2v) is 14.5. The summed E-state index contributed by atoms with van der Waals surface area (Å²) in [7, 11) is -1.88. The molecule has 0 unspecified atom stereocenters. The van der Waals surface area contributed by atoms with Crippen molar-refractivity contribution in [2.45, 2.75) is 44.1 Å². The summed E-state index contributed by atoms with van der Waals surface area (Å²) in [5.74, 6) is -1.62. The number of aromatic nitrogens is 1. The lowest BCUT2D eigenvalue weighted by atomic mass is 9.99. The van der Waals surface area contributed by atoms with Crippen molar-refractivity contribution in [2.24, 2.45) is 5.92 Å². The van der Waals surface area contributed by atoms with Crippen LogP contribution in [0.15, 0.2) is 24.3 Å². The second kappa shape index (κ2) is 8.49. The Balaban J connectivity index is 1.52. The molecule has 8 nitrogen and oxygen atoms in total. The number of halogens is 1. The van der Waals surface area contributed by atoms with Crippen molar-refractivity contribution in [1.82, 2.24) is 20.5 Å². The summed E-state index contributed by atoms with van der Waals surface area (Å²) in [4.78, 5) is 54.2. The summed E-state index contributed by atoms with van der Waals surface area (Å²) < 4.78 is 14.1. The van der Waals surface area contributed by atoms with Gasteiger partial charge in [0, 0.05) is 24.0 Å². The number of amides is 3. The fraction of sp³-hybridized carbons (Fsp3) is 0.455. The van der Waals surface area contributed by atoms with E-state index >= 15 is 0 Å². The highest BCUT2D eigenvalue weighted by Crippen LogP contribution is 2.29. The molecular formula is C22H27FN4O4Si. The van der Waals surface area contributed by atoms with Gasteiger partial charge in [-0.1, -0.05) is 25.2 Å². The van der Waals surface area contributed by atoms with E-state index in [4.69, 9.17) is 0 Å². The first-order valence-electron chi connectivity index (χ1n) is 10.8. The van der Waals surface area contributed by atoms with Gasteiger partial charge in [-0.25, -0.2) is 4.39 Å². The predicted molar refractivity (Wildman–Crippen MR) is 119 cm³/mol. The summed E-state index contributed by atoms with van der Waals surface area (Å²) >= 11 is 0. The first-order valence-corrected chi connectivity index (χ1v) is 14.2. The Hall–Kier alpha value is -3.01. The maximum atomic E-state index is 14.1. The van der Waals surface area contributed by atoms with E-state index < -0.39 is 31.9 Å². The molecule has 2 aliphatic heterocycles. The summed E-state index contributed by atoms with van der Waals surface area (Å²) in [5.41, 5.74) is 0.479. The molecule has 3 N–H and O–H groups in total. The lowest BCUT2D eigenvalue weighted by Gasteiger charge is -2.25. The maximum Gasteiger partial charge on any atom is 0.270 e. The molecular weight excluding hydrogens is 431 g/mol. The molecule has 170 valence electrons. The Bertz CT molecular complexity index is 1090. The summed E-state index contributed by atoms with van der Waals surface area (Å²) in [6.45, 7) is 4.77. The molecule has 10 heteroatoms. The Kier molecular flexibility index (Phi) is 5.89. The Labute approximate surface area is 185 Å². The van der Waals surface area contributed by atoms with Gasteiger partial charge in [0.25, 0.3) is 5.91 Å². The zero-order valence-corrected chi connectivity index (χ0v) is 19.1. The SMILES string of the molecule is C[Si]1(C)C[C@@H](C(=O)N[C@H](C=O)C[C@@H]2CCNC2=O)N(C(=O)c2cc3cccc(F)c3[nH]2)C1. The molecule has 2 fully saturated rings. The minimum absolute atomic E-state index is 0.108. The third-order valence-corrected chi connectivity index (χ3v) is 9.00. The van der Waals surface area contributed by atoms with Crippen LogP contribution in [0.2, 0.25) is 19.1 Å². The van der Waals surface area contributed by atoms with Crippen molar-refractivity contribution in [1.29, 1.82) is 0 Å². The molecule has 0 saturated carbocycles. The number of aldehydes is 1. The monoisotopic (exact) mass is 458 g/mol. The Morgan fingerprint density at radius 2 is 2.16 bits per heavy atom.